The minimum absolute atomic E-state index is 0.0326. The first-order valence-electron chi connectivity index (χ1n) is 8.88. The second-order valence-corrected chi connectivity index (χ2v) is 7.51. The van der Waals surface area contributed by atoms with Gasteiger partial charge in [-0.1, -0.05) is 57.2 Å². The highest BCUT2D eigenvalue weighted by molar-refractivity contribution is 5.68. The molecule has 0 aliphatic heterocycles. The molecular weight excluding hydrogens is 340 g/mol. The summed E-state index contributed by atoms with van der Waals surface area (Å²) >= 11 is 0. The quantitative estimate of drug-likeness (QED) is 0.768. The molecule has 0 aliphatic rings. The summed E-state index contributed by atoms with van der Waals surface area (Å²) in [4.78, 5) is 11.3. The molecule has 1 unspecified atom stereocenters. The van der Waals surface area contributed by atoms with Crippen LogP contribution in [0.5, 0.6) is 5.75 Å². The van der Waals surface area contributed by atoms with Crippen LogP contribution in [-0.4, -0.2) is 18.2 Å². The van der Waals surface area contributed by atoms with Crippen LogP contribution in [-0.2, 0) is 16.8 Å². The molecule has 0 radical (unpaired) electrons. The molecule has 2 aromatic carbocycles. The summed E-state index contributed by atoms with van der Waals surface area (Å²) in [5.74, 6) is -0.352. The van der Waals surface area contributed by atoms with E-state index in [1.807, 2.05) is 30.3 Å². The predicted molar refractivity (Wildman–Crippen MR) is 105 cm³/mol. The van der Waals surface area contributed by atoms with Crippen LogP contribution >= 0.6 is 0 Å². The molecule has 0 saturated heterocycles. The van der Waals surface area contributed by atoms with Gasteiger partial charge in [-0.05, 0) is 22.6 Å². The molecule has 0 spiro atoms. The van der Waals surface area contributed by atoms with Crippen molar-refractivity contribution in [3.05, 3.63) is 64.7 Å². The zero-order valence-corrected chi connectivity index (χ0v) is 16.2. The van der Waals surface area contributed by atoms with Crippen molar-refractivity contribution < 1.29 is 14.6 Å². The van der Waals surface area contributed by atoms with Gasteiger partial charge in [-0.15, -0.1) is 0 Å². The highest BCUT2D eigenvalue weighted by atomic mass is 16.5. The lowest BCUT2D eigenvalue weighted by molar-refractivity contribution is -0.137. The molecular formula is C22H26N2O3. The third-order valence-corrected chi connectivity index (χ3v) is 4.52. The predicted octanol–water partition coefficient (Wildman–Crippen LogP) is 4.17. The summed E-state index contributed by atoms with van der Waals surface area (Å²) in [5.41, 5.74) is 3.43. The molecule has 0 bridgehead atoms. The Labute approximate surface area is 160 Å². The molecule has 142 valence electrons. The maximum absolute atomic E-state index is 11.3. The van der Waals surface area contributed by atoms with Crippen molar-refractivity contribution in [2.75, 3.05) is 7.11 Å². The van der Waals surface area contributed by atoms with E-state index in [1.165, 1.54) is 12.7 Å². The van der Waals surface area contributed by atoms with Crippen molar-refractivity contribution in [2.45, 2.75) is 45.2 Å². The summed E-state index contributed by atoms with van der Waals surface area (Å²) in [6, 6.07) is 15.2. The van der Waals surface area contributed by atoms with Crippen LogP contribution in [0.4, 0.5) is 0 Å². The number of benzene rings is 2. The monoisotopic (exact) mass is 366 g/mol. The SMILES string of the molecule is COc1c(C#N)cccc1CNC(CC(=O)O)c1ccc(C(C)(C)C)cc1. The molecule has 1 atom stereocenters. The third kappa shape index (κ3) is 5.32. The Morgan fingerprint density at radius 2 is 1.89 bits per heavy atom. The van der Waals surface area contributed by atoms with Crippen molar-refractivity contribution in [1.29, 1.82) is 5.26 Å². The number of carbonyl (C=O) groups is 1. The van der Waals surface area contributed by atoms with E-state index in [0.717, 1.165) is 11.1 Å². The highest BCUT2D eigenvalue weighted by Gasteiger charge is 2.19. The second kappa shape index (κ2) is 8.70. The molecule has 0 aliphatic carbocycles. The van der Waals surface area contributed by atoms with Gasteiger partial charge in [0.05, 0.1) is 19.1 Å². The third-order valence-electron chi connectivity index (χ3n) is 4.52. The second-order valence-electron chi connectivity index (χ2n) is 7.51. The first-order valence-corrected chi connectivity index (χ1v) is 8.88. The van der Waals surface area contributed by atoms with Gasteiger partial charge in [-0.3, -0.25) is 4.79 Å². The fourth-order valence-corrected chi connectivity index (χ4v) is 2.98. The number of methoxy groups -OCH3 is 1. The van der Waals surface area contributed by atoms with Crippen molar-refractivity contribution in [1.82, 2.24) is 5.32 Å². The van der Waals surface area contributed by atoms with E-state index < -0.39 is 5.97 Å². The van der Waals surface area contributed by atoms with Gasteiger partial charge in [-0.2, -0.15) is 5.26 Å². The van der Waals surface area contributed by atoms with Crippen LogP contribution in [0.25, 0.3) is 0 Å². The number of rotatable bonds is 7. The van der Waals surface area contributed by atoms with Crippen LogP contribution in [0, 0.1) is 11.3 Å². The fourth-order valence-electron chi connectivity index (χ4n) is 2.98. The topological polar surface area (TPSA) is 82.3 Å². The van der Waals surface area contributed by atoms with E-state index in [-0.39, 0.29) is 17.9 Å². The lowest BCUT2D eigenvalue weighted by atomic mass is 9.86. The number of para-hydroxylation sites is 1. The highest BCUT2D eigenvalue weighted by Crippen LogP contribution is 2.27. The van der Waals surface area contributed by atoms with Gasteiger partial charge in [0.15, 0.2) is 0 Å². The molecule has 5 heteroatoms. The number of nitrogens with zero attached hydrogens (tertiary/aromatic N) is 1. The summed E-state index contributed by atoms with van der Waals surface area (Å²) in [6.07, 6.45) is -0.0326. The van der Waals surface area contributed by atoms with E-state index >= 15 is 0 Å². The zero-order valence-electron chi connectivity index (χ0n) is 16.2. The minimum atomic E-state index is -0.870. The maximum atomic E-state index is 11.3. The molecule has 0 saturated carbocycles. The van der Waals surface area contributed by atoms with E-state index in [2.05, 4.69) is 32.2 Å². The summed E-state index contributed by atoms with van der Waals surface area (Å²) in [7, 11) is 1.53. The van der Waals surface area contributed by atoms with Crippen molar-refractivity contribution in [3.63, 3.8) is 0 Å². The van der Waals surface area contributed by atoms with E-state index in [1.54, 1.807) is 12.1 Å². The van der Waals surface area contributed by atoms with Crippen molar-refractivity contribution in [2.24, 2.45) is 0 Å². The average molecular weight is 366 g/mol. The summed E-state index contributed by atoms with van der Waals surface area (Å²) < 4.78 is 5.36. The van der Waals surface area contributed by atoms with Crippen LogP contribution in [0.3, 0.4) is 0 Å². The van der Waals surface area contributed by atoms with Crippen LogP contribution in [0.15, 0.2) is 42.5 Å². The van der Waals surface area contributed by atoms with Crippen molar-refractivity contribution in [3.8, 4) is 11.8 Å². The Morgan fingerprint density at radius 1 is 1.22 bits per heavy atom. The Kier molecular flexibility index (Phi) is 6.59. The number of aliphatic carboxylic acids is 1. The molecule has 27 heavy (non-hydrogen) atoms. The molecule has 2 rings (SSSR count). The van der Waals surface area contributed by atoms with Gasteiger partial charge < -0.3 is 15.2 Å². The Hall–Kier alpha value is -2.84. The molecule has 5 nitrogen and oxygen atoms in total. The van der Waals surface area contributed by atoms with Gasteiger partial charge in [0.2, 0.25) is 0 Å². The normalized spacial score (nSPS) is 12.3. The number of nitriles is 1. The summed E-state index contributed by atoms with van der Waals surface area (Å²) in [5, 5.41) is 21.8. The lowest BCUT2D eigenvalue weighted by Crippen LogP contribution is -2.24. The van der Waals surface area contributed by atoms with Crippen LogP contribution in [0.1, 0.15) is 55.5 Å². The number of hydrogen-bond acceptors (Lipinski definition) is 4. The molecule has 0 heterocycles. The van der Waals surface area contributed by atoms with E-state index in [0.29, 0.717) is 17.9 Å². The maximum Gasteiger partial charge on any atom is 0.305 e. The average Bonchev–Trinajstić information content (AvgIpc) is 2.63. The molecule has 0 fully saturated rings. The van der Waals surface area contributed by atoms with Crippen LogP contribution < -0.4 is 10.1 Å². The number of carboxylic acid groups (broad SMARTS) is 1. The number of ether oxygens (including phenoxy) is 1. The van der Waals surface area contributed by atoms with Gasteiger partial charge in [0.25, 0.3) is 0 Å². The first kappa shape index (κ1) is 20.5. The summed E-state index contributed by atoms with van der Waals surface area (Å²) in [6.45, 7) is 6.83. The Balaban J connectivity index is 2.23. The molecule has 0 amide bonds. The first-order chi connectivity index (χ1) is 12.8. The van der Waals surface area contributed by atoms with Gasteiger partial charge in [0.1, 0.15) is 11.8 Å². The fraction of sp³-hybridized carbons (Fsp3) is 0.364. The van der Waals surface area contributed by atoms with Gasteiger partial charge in [0, 0.05) is 18.2 Å². The number of carboxylic acids is 1. The standard InChI is InChI=1S/C22H26N2O3/c1-22(2,3)18-10-8-15(9-11-18)19(12-20(25)26)24-14-17-7-5-6-16(13-23)21(17)27-4/h5-11,19,24H,12,14H2,1-4H3,(H,25,26). The molecule has 2 aromatic rings. The van der Waals surface area contributed by atoms with Gasteiger partial charge >= 0.3 is 5.97 Å². The smallest absolute Gasteiger partial charge is 0.305 e. The molecule has 0 aromatic heterocycles. The molecule has 2 N–H and O–H groups in total. The van der Waals surface area contributed by atoms with Crippen molar-refractivity contribution >= 4 is 5.97 Å². The number of hydrogen-bond donors (Lipinski definition) is 2. The minimum Gasteiger partial charge on any atom is -0.495 e. The zero-order chi connectivity index (χ0) is 20.0. The largest absolute Gasteiger partial charge is 0.495 e. The number of nitrogens with one attached hydrogen (secondary N) is 1. The Morgan fingerprint density at radius 3 is 2.41 bits per heavy atom. The Bertz CT molecular complexity index is 830. The lowest BCUT2D eigenvalue weighted by Gasteiger charge is -2.22. The van der Waals surface area contributed by atoms with E-state index in [4.69, 9.17) is 4.74 Å². The van der Waals surface area contributed by atoms with Crippen LogP contribution in [0.2, 0.25) is 0 Å². The van der Waals surface area contributed by atoms with E-state index in [9.17, 15) is 15.2 Å². The van der Waals surface area contributed by atoms with Gasteiger partial charge in [-0.25, -0.2) is 0 Å².